The maximum atomic E-state index is 11.4. The van der Waals surface area contributed by atoms with E-state index in [0.29, 0.717) is 0 Å². The molecule has 0 fully saturated rings. The topological polar surface area (TPSA) is 67.2 Å². The second-order valence-corrected chi connectivity index (χ2v) is 4.81. The third kappa shape index (κ3) is 2.78. The predicted octanol–water partition coefficient (Wildman–Crippen LogP) is 2.40. The van der Waals surface area contributed by atoms with Crippen molar-refractivity contribution in [2.24, 2.45) is 0 Å². The summed E-state index contributed by atoms with van der Waals surface area (Å²) in [6, 6.07) is 13.9. The number of amides is 1. The number of aromatic nitrogens is 2. The smallest absolute Gasteiger partial charge is 0.293 e. The Labute approximate surface area is 121 Å². The van der Waals surface area contributed by atoms with Gasteiger partial charge in [-0.15, -0.1) is 0 Å². The summed E-state index contributed by atoms with van der Waals surface area (Å²) in [6.07, 6.45) is 4.53. The van der Waals surface area contributed by atoms with Gasteiger partial charge in [0.2, 0.25) is 0 Å². The van der Waals surface area contributed by atoms with Gasteiger partial charge in [-0.3, -0.25) is 15.0 Å². The summed E-state index contributed by atoms with van der Waals surface area (Å²) in [7, 11) is 0. The Morgan fingerprint density at radius 1 is 1.24 bits per heavy atom. The molecule has 1 amide bonds. The zero-order chi connectivity index (χ0) is 14.7. The van der Waals surface area contributed by atoms with Gasteiger partial charge in [0.1, 0.15) is 5.69 Å². The van der Waals surface area contributed by atoms with E-state index in [1.54, 1.807) is 17.7 Å². The van der Waals surface area contributed by atoms with Crippen molar-refractivity contribution < 1.29 is 10.0 Å². The Bertz CT molecular complexity index is 766. The van der Waals surface area contributed by atoms with Crippen molar-refractivity contribution >= 4 is 16.8 Å². The van der Waals surface area contributed by atoms with E-state index >= 15 is 0 Å². The van der Waals surface area contributed by atoms with Crippen LogP contribution in [-0.4, -0.2) is 20.7 Å². The minimum absolute atomic E-state index is 0.199. The molecule has 0 aliphatic carbocycles. The van der Waals surface area contributed by atoms with Crippen molar-refractivity contribution in [2.75, 3.05) is 0 Å². The molecule has 0 aliphatic rings. The molecule has 2 aromatic heterocycles. The number of carbonyl (C=O) groups excluding carboxylic acids is 1. The molecule has 5 heteroatoms. The standard InChI is InChI=1S/C16H15N3O2/c20-16(18-21)14-10-15-13(11-17-14)7-9-19(15)8-6-12-4-2-1-3-5-12/h1-5,7,9-11,21H,6,8H2,(H,18,20). The number of hydroxylamine groups is 1. The van der Waals surface area contributed by atoms with Crippen LogP contribution in [-0.2, 0) is 13.0 Å². The average molecular weight is 281 g/mol. The Hall–Kier alpha value is -2.66. The molecular weight excluding hydrogens is 266 g/mol. The molecule has 2 heterocycles. The third-order valence-electron chi connectivity index (χ3n) is 3.47. The second kappa shape index (κ2) is 5.76. The molecule has 3 aromatic rings. The van der Waals surface area contributed by atoms with Crippen molar-refractivity contribution in [3.63, 3.8) is 0 Å². The van der Waals surface area contributed by atoms with E-state index in [9.17, 15) is 4.79 Å². The van der Waals surface area contributed by atoms with Crippen LogP contribution >= 0.6 is 0 Å². The maximum absolute atomic E-state index is 11.4. The van der Waals surface area contributed by atoms with Crippen LogP contribution in [0.2, 0.25) is 0 Å². The number of nitrogens with zero attached hydrogens (tertiary/aromatic N) is 2. The van der Waals surface area contributed by atoms with Crippen molar-refractivity contribution in [1.82, 2.24) is 15.0 Å². The summed E-state index contributed by atoms with van der Waals surface area (Å²) in [4.78, 5) is 15.5. The highest BCUT2D eigenvalue weighted by molar-refractivity contribution is 5.95. The predicted molar refractivity (Wildman–Crippen MR) is 79.1 cm³/mol. The minimum Gasteiger partial charge on any atom is -0.347 e. The first kappa shape index (κ1) is 13.3. The molecule has 5 nitrogen and oxygen atoms in total. The molecule has 0 unspecified atom stereocenters. The molecule has 2 N–H and O–H groups in total. The first-order chi connectivity index (χ1) is 10.3. The number of benzene rings is 1. The van der Waals surface area contributed by atoms with E-state index < -0.39 is 5.91 Å². The van der Waals surface area contributed by atoms with Gasteiger partial charge in [0.15, 0.2) is 0 Å². The lowest BCUT2D eigenvalue weighted by Crippen LogP contribution is -2.19. The lowest BCUT2D eigenvalue weighted by molar-refractivity contribution is 0.0701. The Balaban J connectivity index is 1.86. The van der Waals surface area contributed by atoms with E-state index in [2.05, 4.69) is 21.7 Å². The van der Waals surface area contributed by atoms with E-state index in [0.717, 1.165) is 23.9 Å². The molecule has 106 valence electrons. The van der Waals surface area contributed by atoms with E-state index in [4.69, 9.17) is 5.21 Å². The Morgan fingerprint density at radius 3 is 2.81 bits per heavy atom. The van der Waals surface area contributed by atoms with Crippen LogP contribution in [0, 0.1) is 0 Å². The highest BCUT2D eigenvalue weighted by Gasteiger charge is 2.09. The number of nitrogens with one attached hydrogen (secondary N) is 1. The fourth-order valence-electron chi connectivity index (χ4n) is 2.35. The monoisotopic (exact) mass is 281 g/mol. The van der Waals surface area contributed by atoms with Crippen molar-refractivity contribution in [3.8, 4) is 0 Å². The summed E-state index contributed by atoms with van der Waals surface area (Å²) >= 11 is 0. The highest BCUT2D eigenvalue weighted by Crippen LogP contribution is 2.16. The number of carbonyl (C=O) groups is 1. The molecule has 0 saturated carbocycles. The van der Waals surface area contributed by atoms with E-state index in [1.165, 1.54) is 5.56 Å². The molecule has 0 spiro atoms. The summed E-state index contributed by atoms with van der Waals surface area (Å²) < 4.78 is 2.08. The highest BCUT2D eigenvalue weighted by atomic mass is 16.5. The normalized spacial score (nSPS) is 10.7. The Morgan fingerprint density at radius 2 is 2.05 bits per heavy atom. The Kier molecular flexibility index (Phi) is 3.66. The number of rotatable bonds is 4. The number of hydrogen-bond acceptors (Lipinski definition) is 3. The number of hydrogen-bond donors (Lipinski definition) is 2. The molecule has 0 radical (unpaired) electrons. The second-order valence-electron chi connectivity index (χ2n) is 4.81. The van der Waals surface area contributed by atoms with Gasteiger partial charge in [0.25, 0.3) is 5.91 Å². The van der Waals surface area contributed by atoms with Crippen LogP contribution in [0.3, 0.4) is 0 Å². The SMILES string of the molecule is O=C(NO)c1cc2c(ccn2CCc2ccccc2)cn1. The number of fused-ring (bicyclic) bond motifs is 1. The molecule has 3 rings (SSSR count). The first-order valence-electron chi connectivity index (χ1n) is 6.71. The van der Waals surface area contributed by atoms with Crippen LogP contribution in [0.5, 0.6) is 0 Å². The van der Waals surface area contributed by atoms with Gasteiger partial charge in [0, 0.05) is 24.3 Å². The molecular formula is C16H15N3O2. The van der Waals surface area contributed by atoms with Crippen molar-refractivity contribution in [1.29, 1.82) is 0 Å². The summed E-state index contributed by atoms with van der Waals surface area (Å²) in [6.45, 7) is 0.817. The zero-order valence-corrected chi connectivity index (χ0v) is 11.4. The van der Waals surface area contributed by atoms with Gasteiger partial charge < -0.3 is 4.57 Å². The van der Waals surface area contributed by atoms with Crippen LogP contribution in [0.1, 0.15) is 16.1 Å². The van der Waals surface area contributed by atoms with Gasteiger partial charge in [-0.2, -0.15) is 0 Å². The van der Waals surface area contributed by atoms with Crippen LogP contribution < -0.4 is 5.48 Å². The van der Waals surface area contributed by atoms with Crippen LogP contribution in [0.4, 0.5) is 0 Å². The number of pyridine rings is 1. The molecule has 1 aromatic carbocycles. The lowest BCUT2D eigenvalue weighted by Gasteiger charge is -2.06. The average Bonchev–Trinajstić information content (AvgIpc) is 2.95. The molecule has 0 saturated heterocycles. The quantitative estimate of drug-likeness (QED) is 0.570. The van der Waals surface area contributed by atoms with E-state index in [-0.39, 0.29) is 5.69 Å². The van der Waals surface area contributed by atoms with Gasteiger partial charge in [-0.1, -0.05) is 30.3 Å². The van der Waals surface area contributed by atoms with Crippen molar-refractivity contribution in [2.45, 2.75) is 13.0 Å². The van der Waals surface area contributed by atoms with Gasteiger partial charge in [-0.05, 0) is 24.1 Å². The minimum atomic E-state index is -0.604. The number of aryl methyl sites for hydroxylation is 2. The summed E-state index contributed by atoms with van der Waals surface area (Å²) in [5, 5.41) is 9.66. The summed E-state index contributed by atoms with van der Waals surface area (Å²) in [5.74, 6) is -0.604. The fraction of sp³-hybridized carbons (Fsp3) is 0.125. The molecule has 0 bridgehead atoms. The summed E-state index contributed by atoms with van der Waals surface area (Å²) in [5.41, 5.74) is 4.00. The zero-order valence-electron chi connectivity index (χ0n) is 11.4. The maximum Gasteiger partial charge on any atom is 0.293 e. The molecule has 0 atom stereocenters. The molecule has 21 heavy (non-hydrogen) atoms. The lowest BCUT2D eigenvalue weighted by atomic mass is 10.1. The molecule has 0 aliphatic heterocycles. The fourth-order valence-corrected chi connectivity index (χ4v) is 2.35. The third-order valence-corrected chi connectivity index (χ3v) is 3.47. The van der Waals surface area contributed by atoms with E-state index in [1.807, 2.05) is 30.5 Å². The van der Waals surface area contributed by atoms with Crippen molar-refractivity contribution in [3.05, 3.63) is 66.1 Å². The van der Waals surface area contributed by atoms with Crippen LogP contribution in [0.15, 0.2) is 54.9 Å². The van der Waals surface area contributed by atoms with Gasteiger partial charge in [-0.25, -0.2) is 5.48 Å². The van der Waals surface area contributed by atoms with Gasteiger partial charge >= 0.3 is 0 Å². The van der Waals surface area contributed by atoms with Crippen LogP contribution in [0.25, 0.3) is 10.9 Å². The first-order valence-corrected chi connectivity index (χ1v) is 6.71. The largest absolute Gasteiger partial charge is 0.347 e. The van der Waals surface area contributed by atoms with Gasteiger partial charge in [0.05, 0.1) is 5.52 Å².